The summed E-state index contributed by atoms with van der Waals surface area (Å²) in [5, 5.41) is 32.7. The van der Waals surface area contributed by atoms with Crippen molar-refractivity contribution in [1.29, 1.82) is 0 Å². The maximum absolute atomic E-state index is 10.9. The van der Waals surface area contributed by atoms with Crippen LogP contribution in [0.5, 0.6) is 11.5 Å². The molecule has 0 spiro atoms. The molecule has 0 aliphatic carbocycles. The molecule has 0 radical (unpaired) electrons. The van der Waals surface area contributed by atoms with Gasteiger partial charge in [0, 0.05) is 36.3 Å². The Bertz CT molecular complexity index is 628. The minimum absolute atomic E-state index is 0.00931. The molecule has 3 N–H and O–H groups in total. The number of rotatable bonds is 5. The summed E-state index contributed by atoms with van der Waals surface area (Å²) in [6.45, 7) is 0.662. The Labute approximate surface area is 115 Å². The molecule has 0 atom stereocenters. The van der Waals surface area contributed by atoms with Crippen LogP contribution < -0.4 is 5.32 Å². The van der Waals surface area contributed by atoms with E-state index in [1.54, 1.807) is 24.3 Å². The highest BCUT2D eigenvalue weighted by atomic mass is 16.6. The third kappa shape index (κ3) is 3.24. The van der Waals surface area contributed by atoms with Crippen LogP contribution in [0, 0.1) is 10.1 Å². The molecule has 0 fully saturated rings. The van der Waals surface area contributed by atoms with Crippen LogP contribution in [0.1, 0.15) is 11.1 Å². The van der Waals surface area contributed by atoms with Crippen molar-refractivity contribution in [3.63, 3.8) is 0 Å². The molecule has 0 heterocycles. The number of nitrogens with one attached hydrogen (secondary N) is 1. The third-order valence-corrected chi connectivity index (χ3v) is 2.89. The van der Waals surface area contributed by atoms with Gasteiger partial charge in [0.2, 0.25) is 0 Å². The molecule has 0 amide bonds. The number of hydrogen-bond donors (Lipinski definition) is 3. The molecule has 6 heteroatoms. The lowest BCUT2D eigenvalue weighted by Crippen LogP contribution is -2.13. The molecule has 104 valence electrons. The predicted molar refractivity (Wildman–Crippen MR) is 73.4 cm³/mol. The number of aromatic hydroxyl groups is 2. The topological polar surface area (TPSA) is 95.6 Å². The van der Waals surface area contributed by atoms with E-state index >= 15 is 0 Å². The number of benzene rings is 2. The molecule has 0 saturated carbocycles. The number of phenolic OH excluding ortho intramolecular Hbond substituents is 2. The van der Waals surface area contributed by atoms with Gasteiger partial charge in [0.1, 0.15) is 11.5 Å². The van der Waals surface area contributed by atoms with E-state index in [1.807, 2.05) is 0 Å². The number of nitro benzene ring substituents is 1. The fourth-order valence-corrected chi connectivity index (χ4v) is 1.87. The summed E-state index contributed by atoms with van der Waals surface area (Å²) in [6.07, 6.45) is 0. The second-order valence-electron chi connectivity index (χ2n) is 4.30. The van der Waals surface area contributed by atoms with Gasteiger partial charge in [-0.1, -0.05) is 24.3 Å². The van der Waals surface area contributed by atoms with Gasteiger partial charge in [-0.2, -0.15) is 0 Å². The SMILES string of the molecule is O=[N+]([O-])c1ccccc1CNCc1ccc(O)cc1O. The smallest absolute Gasteiger partial charge is 0.273 e. The van der Waals surface area contributed by atoms with Gasteiger partial charge in [0.25, 0.3) is 5.69 Å². The van der Waals surface area contributed by atoms with Crippen LogP contribution in [-0.4, -0.2) is 15.1 Å². The van der Waals surface area contributed by atoms with Crippen LogP contribution in [0.25, 0.3) is 0 Å². The van der Waals surface area contributed by atoms with Gasteiger partial charge in [-0.15, -0.1) is 0 Å². The van der Waals surface area contributed by atoms with Gasteiger partial charge in [-0.05, 0) is 6.07 Å². The average Bonchev–Trinajstić information content (AvgIpc) is 2.41. The van der Waals surface area contributed by atoms with E-state index in [-0.39, 0.29) is 17.2 Å². The first-order chi connectivity index (χ1) is 9.58. The molecule has 0 bridgehead atoms. The Balaban J connectivity index is 2.01. The lowest BCUT2D eigenvalue weighted by atomic mass is 10.1. The fourth-order valence-electron chi connectivity index (χ4n) is 1.87. The summed E-state index contributed by atoms with van der Waals surface area (Å²) in [6, 6.07) is 10.8. The van der Waals surface area contributed by atoms with E-state index in [2.05, 4.69) is 5.32 Å². The molecule has 0 aromatic heterocycles. The van der Waals surface area contributed by atoms with Crippen molar-refractivity contribution < 1.29 is 15.1 Å². The van der Waals surface area contributed by atoms with Crippen molar-refractivity contribution in [1.82, 2.24) is 5.32 Å². The van der Waals surface area contributed by atoms with E-state index in [0.717, 1.165) is 0 Å². The lowest BCUT2D eigenvalue weighted by molar-refractivity contribution is -0.385. The zero-order valence-corrected chi connectivity index (χ0v) is 10.6. The van der Waals surface area contributed by atoms with Gasteiger partial charge in [0.05, 0.1) is 4.92 Å². The first-order valence-electron chi connectivity index (χ1n) is 6.02. The molecular formula is C14H14N2O4. The second-order valence-corrected chi connectivity index (χ2v) is 4.30. The Kier molecular flexibility index (Phi) is 4.17. The largest absolute Gasteiger partial charge is 0.508 e. The lowest BCUT2D eigenvalue weighted by Gasteiger charge is -2.07. The number of para-hydroxylation sites is 1. The van der Waals surface area contributed by atoms with Crippen LogP contribution in [0.2, 0.25) is 0 Å². The van der Waals surface area contributed by atoms with Crippen molar-refractivity contribution in [3.05, 3.63) is 63.7 Å². The predicted octanol–water partition coefficient (Wildman–Crippen LogP) is 2.30. The van der Waals surface area contributed by atoms with Gasteiger partial charge < -0.3 is 15.5 Å². The van der Waals surface area contributed by atoms with Crippen molar-refractivity contribution in [3.8, 4) is 11.5 Å². The highest BCUT2D eigenvalue weighted by Crippen LogP contribution is 2.23. The molecule has 20 heavy (non-hydrogen) atoms. The summed E-state index contributed by atoms with van der Waals surface area (Å²) >= 11 is 0. The van der Waals surface area contributed by atoms with Crippen LogP contribution in [0.3, 0.4) is 0 Å². The van der Waals surface area contributed by atoms with E-state index in [9.17, 15) is 20.3 Å². The van der Waals surface area contributed by atoms with Crippen LogP contribution in [-0.2, 0) is 13.1 Å². The van der Waals surface area contributed by atoms with Gasteiger partial charge in [-0.3, -0.25) is 10.1 Å². The van der Waals surface area contributed by atoms with Gasteiger partial charge >= 0.3 is 0 Å². The Morgan fingerprint density at radius 2 is 1.75 bits per heavy atom. The van der Waals surface area contributed by atoms with Gasteiger partial charge in [0.15, 0.2) is 0 Å². The Morgan fingerprint density at radius 1 is 1.05 bits per heavy atom. The summed E-state index contributed by atoms with van der Waals surface area (Å²) in [5.41, 5.74) is 1.26. The zero-order valence-electron chi connectivity index (χ0n) is 10.6. The minimum atomic E-state index is -0.422. The van der Waals surface area contributed by atoms with E-state index < -0.39 is 4.92 Å². The van der Waals surface area contributed by atoms with E-state index in [1.165, 1.54) is 18.2 Å². The molecule has 2 aromatic carbocycles. The number of hydrogen-bond acceptors (Lipinski definition) is 5. The molecule has 0 aliphatic heterocycles. The van der Waals surface area contributed by atoms with Crippen LogP contribution in [0.4, 0.5) is 5.69 Å². The molecule has 2 rings (SSSR count). The summed E-state index contributed by atoms with van der Waals surface area (Å²) in [4.78, 5) is 10.4. The highest BCUT2D eigenvalue weighted by molar-refractivity contribution is 5.40. The highest BCUT2D eigenvalue weighted by Gasteiger charge is 2.11. The molecule has 0 aliphatic rings. The third-order valence-electron chi connectivity index (χ3n) is 2.89. The normalized spacial score (nSPS) is 10.4. The standard InChI is InChI=1S/C14H14N2O4/c17-12-6-5-11(14(18)7-12)9-15-8-10-3-1-2-4-13(10)16(19)20/h1-7,15,17-18H,8-9H2. The van der Waals surface area contributed by atoms with Crippen molar-refractivity contribution in [2.24, 2.45) is 0 Å². The monoisotopic (exact) mass is 274 g/mol. The molecular weight excluding hydrogens is 260 g/mol. The summed E-state index contributed by atoms with van der Waals surface area (Å²) < 4.78 is 0. The Morgan fingerprint density at radius 3 is 2.45 bits per heavy atom. The molecule has 2 aromatic rings. The number of phenols is 2. The number of nitrogens with zero attached hydrogens (tertiary/aromatic N) is 1. The maximum atomic E-state index is 10.9. The maximum Gasteiger partial charge on any atom is 0.273 e. The first-order valence-corrected chi connectivity index (χ1v) is 6.02. The molecule has 0 unspecified atom stereocenters. The second kappa shape index (κ2) is 6.03. The zero-order chi connectivity index (χ0) is 14.5. The van der Waals surface area contributed by atoms with Gasteiger partial charge in [-0.25, -0.2) is 0 Å². The average molecular weight is 274 g/mol. The van der Waals surface area contributed by atoms with E-state index in [0.29, 0.717) is 24.2 Å². The fraction of sp³-hybridized carbons (Fsp3) is 0.143. The van der Waals surface area contributed by atoms with Crippen molar-refractivity contribution >= 4 is 5.69 Å². The number of nitro groups is 1. The van der Waals surface area contributed by atoms with Crippen LogP contribution in [0.15, 0.2) is 42.5 Å². The summed E-state index contributed by atoms with van der Waals surface area (Å²) in [7, 11) is 0. The van der Waals surface area contributed by atoms with Crippen LogP contribution >= 0.6 is 0 Å². The quantitative estimate of drug-likeness (QED) is 0.574. The minimum Gasteiger partial charge on any atom is -0.508 e. The van der Waals surface area contributed by atoms with Crippen molar-refractivity contribution in [2.75, 3.05) is 0 Å². The van der Waals surface area contributed by atoms with Crippen molar-refractivity contribution in [2.45, 2.75) is 13.1 Å². The molecule has 0 saturated heterocycles. The Hall–Kier alpha value is -2.60. The first kappa shape index (κ1) is 13.8. The van der Waals surface area contributed by atoms with E-state index in [4.69, 9.17) is 0 Å². The summed E-state index contributed by atoms with van der Waals surface area (Å²) in [5.74, 6) is -0.0231. The molecule has 6 nitrogen and oxygen atoms in total.